The summed E-state index contributed by atoms with van der Waals surface area (Å²) in [7, 11) is 0. The van der Waals surface area contributed by atoms with Gasteiger partial charge in [0.05, 0.1) is 5.75 Å². The Labute approximate surface area is 192 Å². The molecule has 1 amide bonds. The van der Waals surface area contributed by atoms with E-state index in [1.807, 2.05) is 65.2 Å². The molecule has 2 aromatic carbocycles. The fraction of sp³-hybridized carbons (Fsp3) is 0.200. The van der Waals surface area contributed by atoms with Crippen LogP contribution in [-0.4, -0.2) is 31.4 Å². The summed E-state index contributed by atoms with van der Waals surface area (Å²) < 4.78 is 1.97. The molecule has 0 bridgehead atoms. The predicted octanol–water partition coefficient (Wildman–Crippen LogP) is 5.57. The third-order valence-corrected chi connectivity index (χ3v) is 6.23. The molecule has 0 fully saturated rings. The Morgan fingerprint density at radius 3 is 2.47 bits per heavy atom. The Bertz CT molecular complexity index is 1180. The van der Waals surface area contributed by atoms with Crippen LogP contribution in [0.25, 0.3) is 17.1 Å². The number of pyridine rings is 1. The summed E-state index contributed by atoms with van der Waals surface area (Å²) in [5.41, 5.74) is 3.87. The van der Waals surface area contributed by atoms with Crippen LogP contribution in [0.5, 0.6) is 0 Å². The summed E-state index contributed by atoms with van der Waals surface area (Å²) in [6, 6.07) is 21.7. The normalized spacial score (nSPS) is 11.8. The van der Waals surface area contributed by atoms with E-state index in [9.17, 15) is 4.79 Å². The molecule has 0 aliphatic heterocycles. The van der Waals surface area contributed by atoms with Crippen molar-refractivity contribution in [2.75, 3.05) is 11.1 Å². The number of hydrogen-bond donors (Lipinski definition) is 1. The van der Waals surface area contributed by atoms with Crippen molar-refractivity contribution in [2.24, 2.45) is 0 Å². The molecule has 1 N–H and O–H groups in total. The molecule has 2 aromatic heterocycles. The van der Waals surface area contributed by atoms with E-state index < -0.39 is 0 Å². The average molecular weight is 444 g/mol. The summed E-state index contributed by atoms with van der Waals surface area (Å²) in [6.45, 7) is 4.32. The Hall–Kier alpha value is -3.45. The number of anilines is 1. The maximum atomic E-state index is 12.8. The SMILES string of the molecule is CC[C@H](C)c1ccccc1NC(=O)CSc1nnc(-c2ccncc2)n1-c1ccccc1. The highest BCUT2D eigenvalue weighted by Crippen LogP contribution is 2.29. The van der Waals surface area contributed by atoms with E-state index in [1.165, 1.54) is 11.8 Å². The molecule has 162 valence electrons. The minimum Gasteiger partial charge on any atom is -0.325 e. The fourth-order valence-electron chi connectivity index (χ4n) is 3.44. The van der Waals surface area contributed by atoms with Gasteiger partial charge < -0.3 is 5.32 Å². The molecule has 4 rings (SSSR count). The van der Waals surface area contributed by atoms with Crippen LogP contribution < -0.4 is 5.32 Å². The van der Waals surface area contributed by atoms with Crippen molar-refractivity contribution in [3.05, 3.63) is 84.7 Å². The van der Waals surface area contributed by atoms with E-state index in [0.29, 0.717) is 16.9 Å². The van der Waals surface area contributed by atoms with Crippen LogP contribution in [0.3, 0.4) is 0 Å². The quantitative estimate of drug-likeness (QED) is 0.360. The number of hydrogen-bond acceptors (Lipinski definition) is 5. The summed E-state index contributed by atoms with van der Waals surface area (Å²) >= 11 is 1.37. The second-order valence-corrected chi connectivity index (χ2v) is 8.39. The first kappa shape index (κ1) is 21.8. The van der Waals surface area contributed by atoms with Gasteiger partial charge in [-0.05, 0) is 48.2 Å². The molecule has 7 heteroatoms. The van der Waals surface area contributed by atoms with Gasteiger partial charge in [0, 0.05) is 29.3 Å². The topological polar surface area (TPSA) is 72.7 Å². The standard InChI is InChI=1S/C25H25N5OS/c1-3-18(2)21-11-7-8-12-22(21)27-23(31)17-32-25-29-28-24(19-13-15-26-16-14-19)30(25)20-9-5-4-6-10-20/h4-16,18H,3,17H2,1-2H3,(H,27,31)/t18-/m0/s1. The fourth-order valence-corrected chi connectivity index (χ4v) is 4.19. The first-order valence-electron chi connectivity index (χ1n) is 10.6. The van der Waals surface area contributed by atoms with Crippen LogP contribution in [-0.2, 0) is 4.79 Å². The van der Waals surface area contributed by atoms with Gasteiger partial charge in [0.15, 0.2) is 11.0 Å². The highest BCUT2D eigenvalue weighted by atomic mass is 32.2. The van der Waals surface area contributed by atoms with Crippen LogP contribution in [0, 0.1) is 0 Å². The van der Waals surface area contributed by atoms with Gasteiger partial charge in [0.2, 0.25) is 5.91 Å². The van der Waals surface area contributed by atoms with Gasteiger partial charge in [-0.1, -0.05) is 62.0 Å². The van der Waals surface area contributed by atoms with Crippen LogP contribution in [0.4, 0.5) is 5.69 Å². The molecule has 4 aromatic rings. The van der Waals surface area contributed by atoms with E-state index in [0.717, 1.165) is 28.9 Å². The molecule has 0 aliphatic rings. The van der Waals surface area contributed by atoms with Gasteiger partial charge in [0.1, 0.15) is 0 Å². The molecule has 0 saturated heterocycles. The lowest BCUT2D eigenvalue weighted by molar-refractivity contribution is -0.113. The molecule has 2 heterocycles. The average Bonchev–Trinajstić information content (AvgIpc) is 3.28. The second-order valence-electron chi connectivity index (χ2n) is 7.45. The van der Waals surface area contributed by atoms with E-state index >= 15 is 0 Å². The number of para-hydroxylation sites is 2. The smallest absolute Gasteiger partial charge is 0.234 e. The minimum absolute atomic E-state index is 0.0705. The highest BCUT2D eigenvalue weighted by molar-refractivity contribution is 7.99. The van der Waals surface area contributed by atoms with Gasteiger partial charge in [-0.15, -0.1) is 10.2 Å². The van der Waals surface area contributed by atoms with Crippen molar-refractivity contribution < 1.29 is 4.79 Å². The monoisotopic (exact) mass is 443 g/mol. The Morgan fingerprint density at radius 1 is 1.00 bits per heavy atom. The number of aromatic nitrogens is 4. The molecule has 0 saturated carbocycles. The van der Waals surface area contributed by atoms with Gasteiger partial charge in [-0.2, -0.15) is 0 Å². The molecule has 0 radical (unpaired) electrons. The van der Waals surface area contributed by atoms with E-state index in [-0.39, 0.29) is 11.7 Å². The zero-order valence-corrected chi connectivity index (χ0v) is 18.9. The van der Waals surface area contributed by atoms with Crippen molar-refractivity contribution in [1.82, 2.24) is 19.7 Å². The summed E-state index contributed by atoms with van der Waals surface area (Å²) in [4.78, 5) is 16.9. The Balaban J connectivity index is 1.56. The third-order valence-electron chi connectivity index (χ3n) is 5.30. The molecule has 0 spiro atoms. The minimum atomic E-state index is -0.0705. The zero-order chi connectivity index (χ0) is 22.3. The van der Waals surface area contributed by atoms with Gasteiger partial charge in [0.25, 0.3) is 0 Å². The number of nitrogens with zero attached hydrogens (tertiary/aromatic N) is 4. The van der Waals surface area contributed by atoms with E-state index in [1.54, 1.807) is 12.4 Å². The van der Waals surface area contributed by atoms with Crippen molar-refractivity contribution in [2.45, 2.75) is 31.3 Å². The lowest BCUT2D eigenvalue weighted by Crippen LogP contribution is -2.16. The number of benzene rings is 2. The number of carbonyl (C=O) groups is 1. The second kappa shape index (κ2) is 10.2. The van der Waals surface area contributed by atoms with Gasteiger partial charge in [-0.25, -0.2) is 0 Å². The summed E-state index contributed by atoms with van der Waals surface area (Å²) in [5.74, 6) is 1.25. The molecular formula is C25H25N5OS. The van der Waals surface area contributed by atoms with Gasteiger partial charge in [-0.3, -0.25) is 14.3 Å². The lowest BCUT2D eigenvalue weighted by atomic mass is 9.97. The number of amides is 1. The summed E-state index contributed by atoms with van der Waals surface area (Å²) in [6.07, 6.45) is 4.47. The molecule has 32 heavy (non-hydrogen) atoms. The zero-order valence-electron chi connectivity index (χ0n) is 18.1. The first-order chi connectivity index (χ1) is 15.7. The molecule has 1 atom stereocenters. The maximum Gasteiger partial charge on any atom is 0.234 e. The van der Waals surface area contributed by atoms with Crippen LogP contribution >= 0.6 is 11.8 Å². The number of thioether (sulfide) groups is 1. The molecule has 6 nitrogen and oxygen atoms in total. The Morgan fingerprint density at radius 2 is 1.72 bits per heavy atom. The first-order valence-corrected chi connectivity index (χ1v) is 11.6. The van der Waals surface area contributed by atoms with Crippen molar-refractivity contribution in [3.63, 3.8) is 0 Å². The molecule has 0 aliphatic carbocycles. The highest BCUT2D eigenvalue weighted by Gasteiger charge is 2.18. The predicted molar refractivity (Wildman–Crippen MR) is 129 cm³/mol. The van der Waals surface area contributed by atoms with E-state index in [2.05, 4.69) is 40.4 Å². The third kappa shape index (κ3) is 4.89. The molecule has 0 unspecified atom stereocenters. The largest absolute Gasteiger partial charge is 0.325 e. The summed E-state index contributed by atoms with van der Waals surface area (Å²) in [5, 5.41) is 12.5. The lowest BCUT2D eigenvalue weighted by Gasteiger charge is -2.15. The van der Waals surface area contributed by atoms with Gasteiger partial charge >= 0.3 is 0 Å². The van der Waals surface area contributed by atoms with Crippen molar-refractivity contribution in [1.29, 1.82) is 0 Å². The Kier molecular flexibility index (Phi) is 6.97. The van der Waals surface area contributed by atoms with Crippen molar-refractivity contribution >= 4 is 23.4 Å². The van der Waals surface area contributed by atoms with Crippen LogP contribution in [0.15, 0.2) is 84.3 Å². The molecular weight excluding hydrogens is 418 g/mol. The number of rotatable bonds is 8. The van der Waals surface area contributed by atoms with E-state index in [4.69, 9.17) is 0 Å². The van der Waals surface area contributed by atoms with Crippen LogP contribution in [0.1, 0.15) is 31.7 Å². The van der Waals surface area contributed by atoms with Crippen LogP contribution in [0.2, 0.25) is 0 Å². The number of nitrogens with one attached hydrogen (secondary N) is 1. The maximum absolute atomic E-state index is 12.8. The van der Waals surface area contributed by atoms with Crippen molar-refractivity contribution in [3.8, 4) is 17.1 Å². The number of carbonyl (C=O) groups excluding carboxylic acids is 1.